The van der Waals surface area contributed by atoms with Crippen LogP contribution in [-0.2, 0) is 16.4 Å². The number of hydrogen-bond acceptors (Lipinski definition) is 5. The molecule has 8 heteroatoms. The molecule has 0 atom stereocenters. The van der Waals surface area contributed by atoms with E-state index < -0.39 is 10.0 Å². The fourth-order valence-electron chi connectivity index (χ4n) is 3.53. The molecule has 1 amide bonds. The minimum Gasteiger partial charge on any atom is -0.486 e. The van der Waals surface area contributed by atoms with Crippen molar-refractivity contribution in [3.8, 4) is 11.5 Å². The third kappa shape index (κ3) is 6.04. The maximum absolute atomic E-state index is 12.8. The predicted molar refractivity (Wildman–Crippen MR) is 126 cm³/mol. The standard InChI is InChI=1S/C25H26N2O5S/c28-25(26-14-5-4-9-19-7-2-1-3-8-19)20-10-6-11-21(17-20)27-33(29,30)22-12-13-23-24(18-22)32-16-15-31-23/h1-3,6-8,10-13,17-18,27H,4-5,9,14-16H2,(H,26,28). The normalized spacial score (nSPS) is 12.7. The molecule has 0 saturated heterocycles. The summed E-state index contributed by atoms with van der Waals surface area (Å²) >= 11 is 0. The zero-order chi connectivity index (χ0) is 23.1. The summed E-state index contributed by atoms with van der Waals surface area (Å²) in [5, 5.41) is 2.89. The molecule has 3 aromatic rings. The first kappa shape index (κ1) is 22.7. The summed E-state index contributed by atoms with van der Waals surface area (Å²) in [7, 11) is -3.86. The van der Waals surface area contributed by atoms with Crippen LogP contribution in [0.1, 0.15) is 28.8 Å². The third-order valence-electron chi connectivity index (χ3n) is 5.22. The number of hydrogen-bond donors (Lipinski definition) is 2. The summed E-state index contributed by atoms with van der Waals surface area (Å²) in [6.07, 6.45) is 2.80. The second-order valence-corrected chi connectivity index (χ2v) is 9.37. The van der Waals surface area contributed by atoms with Crippen LogP contribution in [0, 0.1) is 0 Å². The van der Waals surface area contributed by atoms with Crippen molar-refractivity contribution in [1.29, 1.82) is 0 Å². The molecule has 0 radical (unpaired) electrons. The van der Waals surface area contributed by atoms with Gasteiger partial charge in [-0.15, -0.1) is 0 Å². The van der Waals surface area contributed by atoms with Crippen LogP contribution < -0.4 is 19.5 Å². The molecule has 0 saturated carbocycles. The number of ether oxygens (including phenoxy) is 2. The number of benzene rings is 3. The van der Waals surface area contributed by atoms with Crippen molar-refractivity contribution >= 4 is 21.6 Å². The Morgan fingerprint density at radius 3 is 2.45 bits per heavy atom. The van der Waals surface area contributed by atoms with E-state index in [2.05, 4.69) is 22.2 Å². The van der Waals surface area contributed by atoms with Gasteiger partial charge in [0.2, 0.25) is 0 Å². The zero-order valence-electron chi connectivity index (χ0n) is 18.1. The second kappa shape index (κ2) is 10.4. The lowest BCUT2D eigenvalue weighted by atomic mass is 10.1. The summed E-state index contributed by atoms with van der Waals surface area (Å²) in [6.45, 7) is 1.35. The maximum atomic E-state index is 12.8. The van der Waals surface area contributed by atoms with E-state index in [1.807, 2.05) is 18.2 Å². The predicted octanol–water partition coefficient (Wildman–Crippen LogP) is 4.01. The van der Waals surface area contributed by atoms with Gasteiger partial charge in [-0.3, -0.25) is 9.52 Å². The Hall–Kier alpha value is -3.52. The van der Waals surface area contributed by atoms with Crippen LogP contribution in [0.3, 0.4) is 0 Å². The molecule has 7 nitrogen and oxygen atoms in total. The number of carbonyl (C=O) groups is 1. The summed E-state index contributed by atoms with van der Waals surface area (Å²) in [6, 6.07) is 21.1. The van der Waals surface area contributed by atoms with Crippen LogP contribution in [-0.4, -0.2) is 34.1 Å². The minimum absolute atomic E-state index is 0.0556. The van der Waals surface area contributed by atoms with E-state index in [1.54, 1.807) is 24.3 Å². The first-order chi connectivity index (χ1) is 16.0. The van der Waals surface area contributed by atoms with E-state index in [1.165, 1.54) is 23.8 Å². The van der Waals surface area contributed by atoms with E-state index in [9.17, 15) is 13.2 Å². The van der Waals surface area contributed by atoms with Crippen molar-refractivity contribution in [2.75, 3.05) is 24.5 Å². The number of unbranched alkanes of at least 4 members (excludes halogenated alkanes) is 1. The van der Waals surface area contributed by atoms with Crippen LogP contribution >= 0.6 is 0 Å². The highest BCUT2D eigenvalue weighted by molar-refractivity contribution is 7.92. The molecule has 0 unspecified atom stereocenters. The fraction of sp³-hybridized carbons (Fsp3) is 0.240. The molecule has 0 aliphatic carbocycles. The van der Waals surface area contributed by atoms with Crippen molar-refractivity contribution in [2.45, 2.75) is 24.2 Å². The lowest BCUT2D eigenvalue weighted by molar-refractivity contribution is 0.0953. The largest absolute Gasteiger partial charge is 0.486 e. The minimum atomic E-state index is -3.86. The van der Waals surface area contributed by atoms with Gasteiger partial charge in [-0.25, -0.2) is 8.42 Å². The zero-order valence-corrected chi connectivity index (χ0v) is 18.9. The van der Waals surface area contributed by atoms with Gasteiger partial charge in [0, 0.05) is 23.9 Å². The van der Waals surface area contributed by atoms with Gasteiger partial charge < -0.3 is 14.8 Å². The first-order valence-electron chi connectivity index (χ1n) is 10.9. The van der Waals surface area contributed by atoms with E-state index in [-0.39, 0.29) is 10.8 Å². The number of nitrogens with one attached hydrogen (secondary N) is 2. The topological polar surface area (TPSA) is 93.7 Å². The Balaban J connectivity index is 1.32. The van der Waals surface area contributed by atoms with Crippen LogP contribution in [0.25, 0.3) is 0 Å². The highest BCUT2D eigenvalue weighted by Gasteiger charge is 2.20. The van der Waals surface area contributed by atoms with Gasteiger partial charge in [0.1, 0.15) is 13.2 Å². The van der Waals surface area contributed by atoms with Crippen LogP contribution in [0.2, 0.25) is 0 Å². The molecule has 172 valence electrons. The highest BCUT2D eigenvalue weighted by Crippen LogP contribution is 2.32. The molecule has 0 spiro atoms. The van der Waals surface area contributed by atoms with Crippen molar-refractivity contribution in [2.24, 2.45) is 0 Å². The number of amides is 1. The maximum Gasteiger partial charge on any atom is 0.262 e. The SMILES string of the molecule is O=C(NCCCCc1ccccc1)c1cccc(NS(=O)(=O)c2ccc3c(c2)OCCO3)c1. The molecule has 1 aliphatic rings. The summed E-state index contributed by atoms with van der Waals surface area (Å²) < 4.78 is 39.1. The van der Waals surface area contributed by atoms with E-state index in [0.29, 0.717) is 42.5 Å². The van der Waals surface area contributed by atoms with Crippen molar-refractivity contribution in [3.05, 3.63) is 83.9 Å². The quantitative estimate of drug-likeness (QED) is 0.465. The molecule has 1 aliphatic heterocycles. The van der Waals surface area contributed by atoms with E-state index in [0.717, 1.165) is 19.3 Å². The van der Waals surface area contributed by atoms with Crippen molar-refractivity contribution < 1.29 is 22.7 Å². The third-order valence-corrected chi connectivity index (χ3v) is 6.60. The van der Waals surface area contributed by atoms with Gasteiger partial charge in [-0.05, 0) is 55.2 Å². The Labute approximate surface area is 193 Å². The molecular formula is C25H26N2O5S. The summed E-state index contributed by atoms with van der Waals surface area (Å²) in [4.78, 5) is 12.6. The molecule has 1 heterocycles. The lowest BCUT2D eigenvalue weighted by Gasteiger charge is -2.19. The van der Waals surface area contributed by atoms with Gasteiger partial charge in [0.15, 0.2) is 11.5 Å². The van der Waals surface area contributed by atoms with Crippen LogP contribution in [0.15, 0.2) is 77.7 Å². The molecule has 4 rings (SSSR count). The Bertz CT molecular complexity index is 1210. The molecule has 2 N–H and O–H groups in total. The number of aryl methyl sites for hydroxylation is 1. The molecular weight excluding hydrogens is 440 g/mol. The number of rotatable bonds is 9. The number of anilines is 1. The molecule has 33 heavy (non-hydrogen) atoms. The number of carbonyl (C=O) groups excluding carboxylic acids is 1. The van der Waals surface area contributed by atoms with Gasteiger partial charge >= 0.3 is 0 Å². The lowest BCUT2D eigenvalue weighted by Crippen LogP contribution is -2.24. The second-order valence-electron chi connectivity index (χ2n) is 7.69. The highest BCUT2D eigenvalue weighted by atomic mass is 32.2. The van der Waals surface area contributed by atoms with Gasteiger partial charge in [-0.2, -0.15) is 0 Å². The van der Waals surface area contributed by atoms with Gasteiger partial charge in [0.25, 0.3) is 15.9 Å². The first-order valence-corrected chi connectivity index (χ1v) is 12.3. The molecule has 0 bridgehead atoms. The summed E-state index contributed by atoms with van der Waals surface area (Å²) in [5.41, 5.74) is 1.98. The number of sulfonamides is 1. The van der Waals surface area contributed by atoms with Crippen LogP contribution in [0.5, 0.6) is 11.5 Å². The van der Waals surface area contributed by atoms with E-state index in [4.69, 9.17) is 9.47 Å². The molecule has 0 aromatic heterocycles. The average molecular weight is 467 g/mol. The van der Waals surface area contributed by atoms with Crippen molar-refractivity contribution in [3.63, 3.8) is 0 Å². The monoisotopic (exact) mass is 466 g/mol. The fourth-order valence-corrected chi connectivity index (χ4v) is 4.60. The van der Waals surface area contributed by atoms with E-state index >= 15 is 0 Å². The smallest absolute Gasteiger partial charge is 0.262 e. The average Bonchev–Trinajstić information content (AvgIpc) is 2.84. The Morgan fingerprint density at radius 1 is 0.848 bits per heavy atom. The Morgan fingerprint density at radius 2 is 1.64 bits per heavy atom. The molecule has 0 fully saturated rings. The van der Waals surface area contributed by atoms with Crippen molar-refractivity contribution in [1.82, 2.24) is 5.32 Å². The van der Waals surface area contributed by atoms with Crippen LogP contribution in [0.4, 0.5) is 5.69 Å². The van der Waals surface area contributed by atoms with Gasteiger partial charge in [0.05, 0.1) is 4.90 Å². The number of fused-ring (bicyclic) bond motifs is 1. The summed E-state index contributed by atoms with van der Waals surface area (Å²) in [5.74, 6) is 0.669. The Kier molecular flexibility index (Phi) is 7.14. The molecule has 3 aromatic carbocycles. The van der Waals surface area contributed by atoms with Gasteiger partial charge in [-0.1, -0.05) is 36.4 Å².